The summed E-state index contributed by atoms with van der Waals surface area (Å²) in [5, 5.41) is 5.06. The Balaban J connectivity index is 1.69. The van der Waals surface area contributed by atoms with Crippen molar-refractivity contribution >= 4 is 23.5 Å². The molecular weight excluding hydrogens is 318 g/mol. The molecule has 126 valence electrons. The standard InChI is InChI=1S/C19H17N3O3/c23-16(12-13-6-2-1-3-7-13)22-11-10-19(17(24)20-18(25)21-19)14-8-4-5-9-15(14)22/h1-9H,10-12H2,(H2,20,21,24,25). The minimum atomic E-state index is -1.09. The molecule has 1 atom stereocenters. The molecule has 2 aromatic rings. The van der Waals surface area contributed by atoms with Crippen molar-refractivity contribution in [3.8, 4) is 0 Å². The predicted molar refractivity (Wildman–Crippen MR) is 91.9 cm³/mol. The van der Waals surface area contributed by atoms with E-state index in [1.54, 1.807) is 11.0 Å². The van der Waals surface area contributed by atoms with Gasteiger partial charge in [-0.15, -0.1) is 0 Å². The molecule has 4 rings (SSSR count). The van der Waals surface area contributed by atoms with Crippen LogP contribution < -0.4 is 15.5 Å². The van der Waals surface area contributed by atoms with E-state index in [9.17, 15) is 14.4 Å². The van der Waals surface area contributed by atoms with Crippen LogP contribution in [-0.2, 0) is 21.5 Å². The maximum Gasteiger partial charge on any atom is 0.322 e. The molecule has 2 heterocycles. The van der Waals surface area contributed by atoms with E-state index in [0.717, 1.165) is 5.56 Å². The summed E-state index contributed by atoms with van der Waals surface area (Å²) in [4.78, 5) is 38.6. The van der Waals surface area contributed by atoms with Crippen LogP contribution in [0.3, 0.4) is 0 Å². The second-order valence-corrected chi connectivity index (χ2v) is 6.29. The highest BCUT2D eigenvalue weighted by molar-refractivity contribution is 6.09. The molecule has 2 N–H and O–H groups in total. The zero-order valence-corrected chi connectivity index (χ0v) is 13.5. The summed E-state index contributed by atoms with van der Waals surface area (Å²) in [7, 11) is 0. The fourth-order valence-electron chi connectivity index (χ4n) is 3.59. The van der Waals surface area contributed by atoms with E-state index in [4.69, 9.17) is 0 Å². The van der Waals surface area contributed by atoms with Crippen molar-refractivity contribution in [2.45, 2.75) is 18.4 Å². The highest BCUT2D eigenvalue weighted by atomic mass is 16.2. The SMILES string of the molecule is O=C1NC(=O)C2(CCN(C(=O)Cc3ccccc3)c3ccccc32)N1. The van der Waals surface area contributed by atoms with E-state index in [0.29, 0.717) is 30.6 Å². The van der Waals surface area contributed by atoms with Gasteiger partial charge in [-0.2, -0.15) is 0 Å². The van der Waals surface area contributed by atoms with Crippen LogP contribution in [0.15, 0.2) is 54.6 Å². The van der Waals surface area contributed by atoms with Crippen molar-refractivity contribution in [1.29, 1.82) is 0 Å². The smallest absolute Gasteiger partial charge is 0.319 e. The minimum Gasteiger partial charge on any atom is -0.319 e. The number of hydrogen-bond acceptors (Lipinski definition) is 3. The number of urea groups is 1. The van der Waals surface area contributed by atoms with E-state index in [1.807, 2.05) is 48.5 Å². The summed E-state index contributed by atoms with van der Waals surface area (Å²) in [5.41, 5.74) is 1.19. The van der Waals surface area contributed by atoms with Crippen molar-refractivity contribution in [2.24, 2.45) is 0 Å². The maximum atomic E-state index is 12.8. The van der Waals surface area contributed by atoms with Crippen molar-refractivity contribution in [3.63, 3.8) is 0 Å². The normalized spacial score (nSPS) is 21.7. The van der Waals surface area contributed by atoms with Gasteiger partial charge >= 0.3 is 6.03 Å². The van der Waals surface area contributed by atoms with Crippen LogP contribution >= 0.6 is 0 Å². The summed E-state index contributed by atoms with van der Waals surface area (Å²) in [6.07, 6.45) is 0.642. The van der Waals surface area contributed by atoms with Crippen molar-refractivity contribution in [1.82, 2.24) is 10.6 Å². The molecule has 1 unspecified atom stereocenters. The number of carbonyl (C=O) groups excluding carboxylic acids is 3. The Morgan fingerprint density at radius 3 is 2.48 bits per heavy atom. The fourth-order valence-corrected chi connectivity index (χ4v) is 3.59. The van der Waals surface area contributed by atoms with Crippen LogP contribution in [0.5, 0.6) is 0 Å². The topological polar surface area (TPSA) is 78.5 Å². The molecule has 2 aliphatic rings. The molecule has 0 aliphatic carbocycles. The number of anilines is 1. The third kappa shape index (κ3) is 2.46. The summed E-state index contributed by atoms with van der Waals surface area (Å²) >= 11 is 0. The van der Waals surface area contributed by atoms with Gasteiger partial charge in [0.1, 0.15) is 5.54 Å². The molecule has 2 aliphatic heterocycles. The van der Waals surface area contributed by atoms with Crippen LogP contribution in [0, 0.1) is 0 Å². The molecule has 1 saturated heterocycles. The molecule has 1 fully saturated rings. The van der Waals surface area contributed by atoms with Crippen LogP contribution in [0.2, 0.25) is 0 Å². The number of carbonyl (C=O) groups is 3. The maximum absolute atomic E-state index is 12.8. The summed E-state index contributed by atoms with van der Waals surface area (Å²) in [6.45, 7) is 0.371. The Labute approximate surface area is 144 Å². The Hall–Kier alpha value is -3.15. The summed E-state index contributed by atoms with van der Waals surface area (Å²) in [6, 6.07) is 16.3. The van der Waals surface area contributed by atoms with Gasteiger partial charge < -0.3 is 10.2 Å². The molecule has 1 spiro atoms. The number of nitrogens with zero attached hydrogens (tertiary/aromatic N) is 1. The molecule has 0 radical (unpaired) electrons. The number of para-hydroxylation sites is 1. The number of rotatable bonds is 2. The van der Waals surface area contributed by atoms with Gasteiger partial charge in [-0.05, 0) is 11.6 Å². The summed E-state index contributed by atoms with van der Waals surface area (Å²) in [5.74, 6) is -0.390. The fraction of sp³-hybridized carbons (Fsp3) is 0.211. The van der Waals surface area contributed by atoms with Crippen LogP contribution in [0.25, 0.3) is 0 Å². The van der Waals surface area contributed by atoms with Crippen molar-refractivity contribution in [3.05, 3.63) is 65.7 Å². The average molecular weight is 335 g/mol. The van der Waals surface area contributed by atoms with Gasteiger partial charge in [0.15, 0.2) is 0 Å². The predicted octanol–water partition coefficient (Wildman–Crippen LogP) is 1.70. The molecule has 0 aromatic heterocycles. The lowest BCUT2D eigenvalue weighted by Crippen LogP contribution is -2.52. The lowest BCUT2D eigenvalue weighted by atomic mass is 9.82. The lowest BCUT2D eigenvalue weighted by Gasteiger charge is -2.39. The largest absolute Gasteiger partial charge is 0.322 e. The van der Waals surface area contributed by atoms with E-state index >= 15 is 0 Å². The monoisotopic (exact) mass is 335 g/mol. The molecule has 2 aromatic carbocycles. The Kier molecular flexibility index (Phi) is 3.53. The van der Waals surface area contributed by atoms with Gasteiger partial charge in [0.05, 0.1) is 6.42 Å². The first-order chi connectivity index (χ1) is 12.1. The van der Waals surface area contributed by atoms with E-state index in [2.05, 4.69) is 10.6 Å². The molecule has 4 amide bonds. The molecule has 0 bridgehead atoms. The van der Waals surface area contributed by atoms with Crippen LogP contribution in [0.4, 0.5) is 10.5 Å². The highest BCUT2D eigenvalue weighted by Crippen LogP contribution is 2.40. The van der Waals surface area contributed by atoms with E-state index in [-0.39, 0.29) is 11.8 Å². The molecule has 6 heteroatoms. The first kappa shape index (κ1) is 15.4. The zero-order valence-electron chi connectivity index (χ0n) is 13.5. The van der Waals surface area contributed by atoms with Crippen LogP contribution in [0.1, 0.15) is 17.5 Å². The second-order valence-electron chi connectivity index (χ2n) is 6.29. The Morgan fingerprint density at radius 2 is 1.76 bits per heavy atom. The number of benzene rings is 2. The third-order valence-corrected chi connectivity index (χ3v) is 4.81. The van der Waals surface area contributed by atoms with Gasteiger partial charge in [0.2, 0.25) is 5.91 Å². The van der Waals surface area contributed by atoms with Gasteiger partial charge in [0.25, 0.3) is 5.91 Å². The first-order valence-electron chi connectivity index (χ1n) is 8.17. The Bertz CT molecular complexity index is 865. The number of imide groups is 1. The van der Waals surface area contributed by atoms with Gasteiger partial charge in [-0.3, -0.25) is 14.9 Å². The lowest BCUT2D eigenvalue weighted by molar-refractivity contribution is -0.125. The van der Waals surface area contributed by atoms with Crippen LogP contribution in [-0.4, -0.2) is 24.4 Å². The molecule has 25 heavy (non-hydrogen) atoms. The van der Waals surface area contributed by atoms with Gasteiger partial charge in [-0.25, -0.2) is 4.79 Å². The number of nitrogens with one attached hydrogen (secondary N) is 2. The third-order valence-electron chi connectivity index (χ3n) is 4.81. The van der Waals surface area contributed by atoms with E-state index in [1.165, 1.54) is 0 Å². The summed E-state index contributed by atoms with van der Waals surface area (Å²) < 4.78 is 0. The van der Waals surface area contributed by atoms with E-state index < -0.39 is 11.6 Å². The number of hydrogen-bond donors (Lipinski definition) is 2. The second kappa shape index (κ2) is 5.73. The minimum absolute atomic E-state index is 0.0294. The Morgan fingerprint density at radius 1 is 1.04 bits per heavy atom. The van der Waals surface area contributed by atoms with Gasteiger partial charge in [-0.1, -0.05) is 48.5 Å². The molecule has 0 saturated carbocycles. The molecule has 6 nitrogen and oxygen atoms in total. The van der Waals surface area contributed by atoms with Crippen molar-refractivity contribution in [2.75, 3.05) is 11.4 Å². The van der Waals surface area contributed by atoms with Crippen molar-refractivity contribution < 1.29 is 14.4 Å². The average Bonchev–Trinajstić information content (AvgIpc) is 2.90. The first-order valence-corrected chi connectivity index (χ1v) is 8.17. The molecular formula is C19H17N3O3. The number of amides is 4. The van der Waals surface area contributed by atoms with Gasteiger partial charge in [0, 0.05) is 24.2 Å². The zero-order chi connectivity index (χ0) is 17.4. The highest BCUT2D eigenvalue weighted by Gasteiger charge is 2.51. The number of fused-ring (bicyclic) bond motifs is 2. The quantitative estimate of drug-likeness (QED) is 0.820.